The Morgan fingerprint density at radius 2 is 1.89 bits per heavy atom. The van der Waals surface area contributed by atoms with Gasteiger partial charge in [0.25, 0.3) is 16.0 Å². The van der Waals surface area contributed by atoms with Crippen LogP contribution in [0.2, 0.25) is 10.0 Å². The molecule has 0 unspecified atom stereocenters. The molecule has 2 rings (SSSR count). The van der Waals surface area contributed by atoms with E-state index in [9.17, 15) is 8.42 Å². The number of nitrogens with two attached hydrogens (primary N) is 1. The number of aromatic nitrogens is 3. The highest BCUT2D eigenvalue weighted by Crippen LogP contribution is 2.29. The van der Waals surface area contributed by atoms with E-state index in [0.29, 0.717) is 0 Å². The Kier molecular flexibility index (Phi) is 3.33. The molecule has 0 bridgehead atoms. The highest BCUT2D eigenvalue weighted by Gasteiger charge is 2.23. The molecule has 0 saturated carbocycles. The molecule has 0 saturated heterocycles. The van der Waals surface area contributed by atoms with E-state index in [1.807, 2.05) is 0 Å². The maximum absolute atomic E-state index is 12.0. The number of halogens is 2. The molecule has 7 nitrogen and oxygen atoms in total. The van der Waals surface area contributed by atoms with Crippen molar-refractivity contribution in [2.75, 3.05) is 10.5 Å². The molecule has 1 heterocycles. The topological polar surface area (TPSA) is 114 Å². The average molecular weight is 308 g/mol. The van der Waals surface area contributed by atoms with Crippen molar-refractivity contribution in [3.63, 3.8) is 0 Å². The van der Waals surface area contributed by atoms with E-state index in [1.54, 1.807) is 0 Å². The van der Waals surface area contributed by atoms with Crippen molar-refractivity contribution in [3.05, 3.63) is 28.2 Å². The van der Waals surface area contributed by atoms with Gasteiger partial charge in [0.1, 0.15) is 4.90 Å². The first-order valence-electron chi connectivity index (χ1n) is 4.55. The Bertz CT molecular complexity index is 664. The Hall–Kier alpha value is -1.51. The standard InChI is InChI=1S/C8H7Cl2N5O2S/c9-4-2-1-3-5(10)6(4)18(16,17)15-8-12-7(11)13-14-8/h1-3H,(H4,11,12,13,14,15). The summed E-state index contributed by atoms with van der Waals surface area (Å²) in [5.74, 6) is -0.207. The van der Waals surface area contributed by atoms with Crippen LogP contribution in [-0.2, 0) is 10.0 Å². The minimum absolute atomic E-state index is 0.00138. The number of rotatable bonds is 3. The maximum Gasteiger partial charge on any atom is 0.267 e. The lowest BCUT2D eigenvalue weighted by Gasteiger charge is -2.07. The number of hydrogen-bond donors (Lipinski definition) is 3. The number of nitrogen functional groups attached to an aromatic ring is 1. The van der Waals surface area contributed by atoms with E-state index in [1.165, 1.54) is 18.2 Å². The number of aromatic amines is 1. The summed E-state index contributed by atoms with van der Waals surface area (Å²) in [6, 6.07) is 4.36. The number of nitrogens with one attached hydrogen (secondary N) is 2. The normalized spacial score (nSPS) is 11.4. The van der Waals surface area contributed by atoms with Crippen LogP contribution in [0, 0.1) is 0 Å². The lowest BCUT2D eigenvalue weighted by Crippen LogP contribution is -2.15. The zero-order valence-corrected chi connectivity index (χ0v) is 11.0. The van der Waals surface area contributed by atoms with Gasteiger partial charge >= 0.3 is 0 Å². The van der Waals surface area contributed by atoms with Crippen LogP contribution in [-0.4, -0.2) is 23.6 Å². The van der Waals surface area contributed by atoms with Crippen molar-refractivity contribution in [1.82, 2.24) is 15.2 Å². The first-order valence-corrected chi connectivity index (χ1v) is 6.79. The van der Waals surface area contributed by atoms with Gasteiger partial charge in [-0.2, -0.15) is 4.98 Å². The van der Waals surface area contributed by atoms with Gasteiger partial charge in [0.2, 0.25) is 5.95 Å². The zero-order valence-electron chi connectivity index (χ0n) is 8.68. The van der Waals surface area contributed by atoms with Crippen molar-refractivity contribution in [1.29, 1.82) is 0 Å². The number of H-pyrrole nitrogens is 1. The van der Waals surface area contributed by atoms with E-state index in [-0.39, 0.29) is 26.8 Å². The van der Waals surface area contributed by atoms with Crippen LogP contribution in [0.3, 0.4) is 0 Å². The fraction of sp³-hybridized carbons (Fsp3) is 0. The first kappa shape index (κ1) is 12.9. The molecule has 0 amide bonds. The smallest absolute Gasteiger partial charge is 0.267 e. The number of nitrogens with zero attached hydrogens (tertiary/aromatic N) is 2. The molecule has 18 heavy (non-hydrogen) atoms. The van der Waals surface area contributed by atoms with Crippen LogP contribution in [0.1, 0.15) is 0 Å². The molecular formula is C8H7Cl2N5O2S. The summed E-state index contributed by atoms with van der Waals surface area (Å²) in [5, 5.41) is 5.84. The molecule has 0 aliphatic rings. The van der Waals surface area contributed by atoms with Gasteiger partial charge in [-0.3, -0.25) is 0 Å². The van der Waals surface area contributed by atoms with Gasteiger partial charge in [-0.15, -0.1) is 5.10 Å². The van der Waals surface area contributed by atoms with Crippen LogP contribution >= 0.6 is 23.2 Å². The number of anilines is 2. The summed E-state index contributed by atoms with van der Waals surface area (Å²) in [4.78, 5) is 3.38. The monoisotopic (exact) mass is 307 g/mol. The summed E-state index contributed by atoms with van der Waals surface area (Å²) in [7, 11) is -3.98. The van der Waals surface area contributed by atoms with Gasteiger partial charge in [0.05, 0.1) is 10.0 Å². The van der Waals surface area contributed by atoms with Gasteiger partial charge < -0.3 is 5.73 Å². The van der Waals surface area contributed by atoms with Crippen LogP contribution in [0.4, 0.5) is 11.9 Å². The third-order valence-corrected chi connectivity index (χ3v) is 4.20. The highest BCUT2D eigenvalue weighted by molar-refractivity contribution is 7.93. The Balaban J connectivity index is 2.43. The highest BCUT2D eigenvalue weighted by atomic mass is 35.5. The number of benzene rings is 1. The molecule has 10 heteroatoms. The Labute approximate surface area is 112 Å². The molecule has 0 fully saturated rings. The molecule has 0 radical (unpaired) electrons. The van der Waals surface area contributed by atoms with Gasteiger partial charge in [0.15, 0.2) is 0 Å². The third kappa shape index (κ3) is 2.50. The van der Waals surface area contributed by atoms with Gasteiger partial charge in [-0.05, 0) is 12.1 Å². The van der Waals surface area contributed by atoms with Crippen molar-refractivity contribution in [2.24, 2.45) is 0 Å². The van der Waals surface area contributed by atoms with Crippen LogP contribution in [0.5, 0.6) is 0 Å². The Morgan fingerprint density at radius 3 is 2.39 bits per heavy atom. The summed E-state index contributed by atoms with van der Waals surface area (Å²) in [6.45, 7) is 0. The second-order valence-corrected chi connectivity index (χ2v) is 5.63. The van der Waals surface area contributed by atoms with E-state index >= 15 is 0 Å². The van der Waals surface area contributed by atoms with E-state index < -0.39 is 10.0 Å². The molecule has 2 aromatic rings. The summed E-state index contributed by atoms with van der Waals surface area (Å²) in [5.41, 5.74) is 5.28. The fourth-order valence-electron chi connectivity index (χ4n) is 1.23. The molecule has 4 N–H and O–H groups in total. The van der Waals surface area contributed by atoms with Gasteiger partial charge in [-0.25, -0.2) is 18.2 Å². The van der Waals surface area contributed by atoms with E-state index in [2.05, 4.69) is 19.9 Å². The van der Waals surface area contributed by atoms with Crippen molar-refractivity contribution < 1.29 is 8.42 Å². The minimum Gasteiger partial charge on any atom is -0.368 e. The molecule has 1 aromatic heterocycles. The maximum atomic E-state index is 12.0. The van der Waals surface area contributed by atoms with E-state index in [4.69, 9.17) is 28.9 Å². The van der Waals surface area contributed by atoms with Crippen LogP contribution in [0.15, 0.2) is 23.1 Å². The molecule has 96 valence electrons. The molecule has 0 atom stereocenters. The number of sulfonamides is 1. The molecule has 0 aliphatic carbocycles. The lowest BCUT2D eigenvalue weighted by molar-refractivity contribution is 0.601. The average Bonchev–Trinajstić information content (AvgIpc) is 2.62. The van der Waals surface area contributed by atoms with Crippen LogP contribution < -0.4 is 10.5 Å². The van der Waals surface area contributed by atoms with Crippen LogP contribution in [0.25, 0.3) is 0 Å². The fourth-order valence-corrected chi connectivity index (χ4v) is 3.32. The van der Waals surface area contributed by atoms with Gasteiger partial charge in [-0.1, -0.05) is 29.3 Å². The summed E-state index contributed by atoms with van der Waals surface area (Å²) >= 11 is 11.6. The summed E-state index contributed by atoms with van der Waals surface area (Å²) < 4.78 is 26.2. The Morgan fingerprint density at radius 1 is 1.28 bits per heavy atom. The molecule has 1 aromatic carbocycles. The van der Waals surface area contributed by atoms with Crippen molar-refractivity contribution in [2.45, 2.75) is 4.90 Å². The third-order valence-electron chi connectivity index (χ3n) is 1.92. The second kappa shape index (κ2) is 4.63. The largest absolute Gasteiger partial charge is 0.368 e. The first-order chi connectivity index (χ1) is 8.40. The minimum atomic E-state index is -3.98. The summed E-state index contributed by atoms with van der Waals surface area (Å²) in [6.07, 6.45) is 0. The predicted octanol–water partition coefficient (Wildman–Crippen LogP) is 1.49. The lowest BCUT2D eigenvalue weighted by atomic mass is 10.4. The van der Waals surface area contributed by atoms with Crippen molar-refractivity contribution in [3.8, 4) is 0 Å². The number of hydrogen-bond acceptors (Lipinski definition) is 5. The quantitative estimate of drug-likeness (QED) is 0.795. The molecule has 0 spiro atoms. The predicted molar refractivity (Wildman–Crippen MR) is 68.1 cm³/mol. The molecular weight excluding hydrogens is 301 g/mol. The van der Waals surface area contributed by atoms with Crippen molar-refractivity contribution >= 4 is 45.1 Å². The molecule has 0 aliphatic heterocycles. The SMILES string of the molecule is Nc1nc(NS(=O)(=O)c2c(Cl)cccc2Cl)n[nH]1. The van der Waals surface area contributed by atoms with Gasteiger partial charge in [0, 0.05) is 0 Å². The second-order valence-electron chi connectivity index (χ2n) is 3.20. The van der Waals surface area contributed by atoms with E-state index in [0.717, 1.165) is 0 Å². The zero-order chi connectivity index (χ0) is 13.3.